The predicted octanol–water partition coefficient (Wildman–Crippen LogP) is 7.61. The van der Waals surface area contributed by atoms with Crippen LogP contribution in [0.5, 0.6) is 0 Å². The van der Waals surface area contributed by atoms with Crippen LogP contribution < -0.4 is 0 Å². The highest BCUT2D eigenvalue weighted by molar-refractivity contribution is 7.20. The van der Waals surface area contributed by atoms with Crippen LogP contribution >= 0.6 is 22.7 Å². The van der Waals surface area contributed by atoms with E-state index in [4.69, 9.17) is 0 Å². The summed E-state index contributed by atoms with van der Waals surface area (Å²) in [5.74, 6) is 0.378. The van der Waals surface area contributed by atoms with Crippen LogP contribution in [0.1, 0.15) is 66.2 Å². The smallest absolute Gasteiger partial charge is 0.292 e. The van der Waals surface area contributed by atoms with Crippen molar-refractivity contribution in [3.63, 3.8) is 0 Å². The van der Waals surface area contributed by atoms with Gasteiger partial charge in [-0.1, -0.05) is 24.6 Å². The highest BCUT2D eigenvalue weighted by atomic mass is 32.1. The van der Waals surface area contributed by atoms with E-state index in [1.54, 1.807) is 47.9 Å². The summed E-state index contributed by atoms with van der Waals surface area (Å²) in [6.45, 7) is 0. The van der Waals surface area contributed by atoms with E-state index in [2.05, 4.69) is 15.0 Å². The van der Waals surface area contributed by atoms with Crippen molar-refractivity contribution >= 4 is 39.9 Å². The number of unbranched alkanes of at least 4 members (excludes halogenated alkanes) is 2. The number of halogens is 3. The maximum atomic E-state index is 13.3. The third-order valence-electron chi connectivity index (χ3n) is 5.15. The van der Waals surface area contributed by atoms with Crippen LogP contribution in [-0.4, -0.2) is 27.6 Å². The number of carbonyl (C=O) groups excluding carboxylic acids is 1. The third-order valence-corrected chi connectivity index (χ3v) is 7.28. The summed E-state index contributed by atoms with van der Waals surface area (Å²) in [5.41, 5.74) is 0.0464. The summed E-state index contributed by atoms with van der Waals surface area (Å²) in [5, 5.41) is 3.47. The molecule has 4 nitrogen and oxygen atoms in total. The quantitative estimate of drug-likeness (QED) is 0.171. The largest absolute Gasteiger partial charge is 0.429 e. The second-order valence-corrected chi connectivity index (χ2v) is 9.64. The molecule has 0 unspecified atom stereocenters. The highest BCUT2D eigenvalue weighted by Crippen LogP contribution is 2.46. The van der Waals surface area contributed by atoms with Crippen molar-refractivity contribution in [1.82, 2.24) is 9.97 Å². The van der Waals surface area contributed by atoms with Gasteiger partial charge in [-0.2, -0.15) is 13.2 Å². The maximum Gasteiger partial charge on any atom is 0.429 e. The van der Waals surface area contributed by atoms with Gasteiger partial charge in [0.2, 0.25) is 0 Å². The van der Waals surface area contributed by atoms with E-state index >= 15 is 0 Å². The van der Waals surface area contributed by atoms with Crippen LogP contribution in [0.25, 0.3) is 10.0 Å². The first-order valence-corrected chi connectivity index (χ1v) is 12.2. The summed E-state index contributed by atoms with van der Waals surface area (Å²) in [6.07, 6.45) is 0.911. The lowest BCUT2D eigenvalue weighted by Gasteiger charge is -2.10. The molecule has 168 valence electrons. The van der Waals surface area contributed by atoms with E-state index in [0.29, 0.717) is 36.6 Å². The number of hydrogen-bond acceptors (Lipinski definition) is 6. The SMILES string of the molecule is O=C(CCCCCC(=Nc1ccccc1)C(F)(F)F)c1nc(-c2nccs2)sc1C1CC1. The molecule has 0 spiro atoms. The second kappa shape index (κ2) is 10.0. The van der Waals surface area contributed by atoms with Crippen molar-refractivity contribution in [2.24, 2.45) is 4.99 Å². The number of ketones is 1. The Labute approximate surface area is 192 Å². The minimum atomic E-state index is -4.46. The molecule has 0 aliphatic heterocycles. The molecular weight excluding hydrogens is 455 g/mol. The molecule has 1 aromatic carbocycles. The number of rotatable bonds is 10. The lowest BCUT2D eigenvalue weighted by atomic mass is 10.0. The minimum Gasteiger partial charge on any atom is -0.292 e. The van der Waals surface area contributed by atoms with E-state index in [9.17, 15) is 18.0 Å². The van der Waals surface area contributed by atoms with Gasteiger partial charge in [-0.25, -0.2) is 15.0 Å². The summed E-state index contributed by atoms with van der Waals surface area (Å²) in [7, 11) is 0. The van der Waals surface area contributed by atoms with E-state index in [-0.39, 0.29) is 18.6 Å². The molecule has 1 fully saturated rings. The normalized spacial score (nSPS) is 14.7. The highest BCUT2D eigenvalue weighted by Gasteiger charge is 2.35. The van der Waals surface area contributed by atoms with Gasteiger partial charge in [-0.3, -0.25) is 4.79 Å². The molecule has 1 saturated carbocycles. The van der Waals surface area contributed by atoms with Crippen molar-refractivity contribution < 1.29 is 18.0 Å². The van der Waals surface area contributed by atoms with Crippen LogP contribution in [0.4, 0.5) is 18.9 Å². The number of thiazole rings is 2. The topological polar surface area (TPSA) is 55.2 Å². The summed E-state index contributed by atoms with van der Waals surface area (Å²) in [4.78, 5) is 26.5. The lowest BCUT2D eigenvalue weighted by Crippen LogP contribution is -2.22. The Bertz CT molecular complexity index is 1070. The van der Waals surface area contributed by atoms with Gasteiger partial charge < -0.3 is 0 Å². The average Bonchev–Trinajstić information content (AvgIpc) is 3.28. The zero-order valence-corrected chi connectivity index (χ0v) is 18.9. The number of nitrogens with zero attached hydrogens (tertiary/aromatic N) is 3. The Morgan fingerprint density at radius 2 is 1.81 bits per heavy atom. The summed E-state index contributed by atoms with van der Waals surface area (Å²) < 4.78 is 39.9. The molecule has 2 heterocycles. The minimum absolute atomic E-state index is 0.0278. The fourth-order valence-electron chi connectivity index (χ4n) is 3.37. The van der Waals surface area contributed by atoms with Crippen LogP contribution in [0.2, 0.25) is 0 Å². The molecule has 2 aromatic heterocycles. The number of aliphatic imine (C=N–C) groups is 1. The Morgan fingerprint density at radius 3 is 2.47 bits per heavy atom. The fourth-order valence-corrected chi connectivity index (χ4v) is 5.30. The molecule has 0 saturated heterocycles. The zero-order valence-electron chi connectivity index (χ0n) is 17.3. The van der Waals surface area contributed by atoms with Crippen molar-refractivity contribution in [1.29, 1.82) is 0 Å². The van der Waals surface area contributed by atoms with Crippen molar-refractivity contribution in [3.05, 3.63) is 52.5 Å². The van der Waals surface area contributed by atoms with Crippen molar-refractivity contribution in [3.8, 4) is 10.0 Å². The lowest BCUT2D eigenvalue weighted by molar-refractivity contribution is -0.0605. The number of para-hydroxylation sites is 1. The third kappa shape index (κ3) is 5.89. The Kier molecular flexibility index (Phi) is 7.15. The molecule has 3 aromatic rings. The van der Waals surface area contributed by atoms with E-state index in [1.165, 1.54) is 11.3 Å². The molecule has 32 heavy (non-hydrogen) atoms. The van der Waals surface area contributed by atoms with Gasteiger partial charge in [0.15, 0.2) is 15.8 Å². The van der Waals surface area contributed by atoms with E-state index < -0.39 is 11.9 Å². The first-order chi connectivity index (χ1) is 15.4. The molecule has 0 atom stereocenters. The molecule has 0 N–H and O–H groups in total. The molecule has 9 heteroatoms. The monoisotopic (exact) mass is 477 g/mol. The van der Waals surface area contributed by atoms with Gasteiger partial charge >= 0.3 is 6.18 Å². The number of benzene rings is 1. The van der Waals surface area contributed by atoms with Crippen LogP contribution in [0.15, 0.2) is 46.9 Å². The molecule has 1 aliphatic carbocycles. The van der Waals surface area contributed by atoms with Gasteiger partial charge in [0.25, 0.3) is 0 Å². The number of carbonyl (C=O) groups is 1. The Hall–Kier alpha value is -2.39. The van der Waals surface area contributed by atoms with Crippen molar-refractivity contribution in [2.75, 3.05) is 0 Å². The Balaban J connectivity index is 1.32. The maximum absolute atomic E-state index is 13.3. The zero-order chi connectivity index (χ0) is 22.6. The number of alkyl halides is 3. The number of Topliss-reactive ketones (excluding diaryl/α,β-unsaturated/α-hetero) is 1. The molecular formula is C23H22F3N3OS2. The molecule has 0 bridgehead atoms. The van der Waals surface area contributed by atoms with Crippen molar-refractivity contribution in [2.45, 2.75) is 57.0 Å². The second-order valence-electron chi connectivity index (χ2n) is 7.72. The van der Waals surface area contributed by atoms with E-state index in [1.807, 2.05) is 5.38 Å². The first-order valence-electron chi connectivity index (χ1n) is 10.6. The molecule has 4 rings (SSSR count). The van der Waals surface area contributed by atoms with Gasteiger partial charge in [-0.05, 0) is 50.2 Å². The average molecular weight is 478 g/mol. The van der Waals surface area contributed by atoms with Gasteiger partial charge in [-0.15, -0.1) is 22.7 Å². The van der Waals surface area contributed by atoms with Crippen LogP contribution in [0, 0.1) is 0 Å². The number of hydrogen-bond donors (Lipinski definition) is 0. The van der Waals surface area contributed by atoms with Crippen LogP contribution in [-0.2, 0) is 0 Å². The summed E-state index contributed by atoms with van der Waals surface area (Å²) >= 11 is 3.04. The van der Waals surface area contributed by atoms with Gasteiger partial charge in [0.05, 0.1) is 5.69 Å². The standard InChI is InChI=1S/C23H22F3N3OS2/c24-23(25,26)18(28-16-7-3-1-4-8-16)10-6-2-5-9-17(30)19-20(15-11-12-15)32-22(29-19)21-27-13-14-31-21/h1,3-4,7-8,13-15H,2,5-6,9-12H2. The predicted molar refractivity (Wildman–Crippen MR) is 122 cm³/mol. The van der Waals surface area contributed by atoms with Crippen LogP contribution in [0.3, 0.4) is 0 Å². The Morgan fingerprint density at radius 1 is 1.06 bits per heavy atom. The number of aromatic nitrogens is 2. The van der Waals surface area contributed by atoms with Gasteiger partial charge in [0.1, 0.15) is 11.4 Å². The fraction of sp³-hybridized carbons (Fsp3) is 0.391. The summed E-state index contributed by atoms with van der Waals surface area (Å²) in [6, 6.07) is 8.16. The molecule has 0 amide bonds. The van der Waals surface area contributed by atoms with Gasteiger partial charge in [0, 0.05) is 22.9 Å². The molecule has 0 radical (unpaired) electrons. The van der Waals surface area contributed by atoms with E-state index in [0.717, 1.165) is 27.7 Å². The molecule has 1 aliphatic rings. The first kappa shape index (κ1) is 22.8.